The van der Waals surface area contributed by atoms with Gasteiger partial charge in [-0.1, -0.05) is 25.0 Å². The SMILES string of the molecule is O=C(Nc1ccccc1SC1CCCC1)c1ccc2c(c1)S(=O)(=O)N(C1CC1)C2=O. The minimum absolute atomic E-state index is 0.0688. The van der Waals surface area contributed by atoms with Crippen LogP contribution in [0, 0.1) is 0 Å². The first-order valence-corrected chi connectivity index (χ1v) is 12.6. The van der Waals surface area contributed by atoms with Gasteiger partial charge in [0.05, 0.1) is 11.3 Å². The molecule has 0 spiro atoms. The maximum absolute atomic E-state index is 12.9. The van der Waals surface area contributed by atoms with Gasteiger partial charge in [-0.25, -0.2) is 12.7 Å². The molecule has 0 bridgehead atoms. The number of carbonyl (C=O) groups is 2. The summed E-state index contributed by atoms with van der Waals surface area (Å²) in [6, 6.07) is 11.7. The fourth-order valence-electron chi connectivity index (χ4n) is 4.11. The van der Waals surface area contributed by atoms with Crippen molar-refractivity contribution in [1.29, 1.82) is 0 Å². The molecular formula is C22H22N2O4S2. The molecule has 3 aliphatic rings. The van der Waals surface area contributed by atoms with Crippen LogP contribution in [0.25, 0.3) is 0 Å². The van der Waals surface area contributed by atoms with Gasteiger partial charge in [0.2, 0.25) is 0 Å². The molecule has 6 nitrogen and oxygen atoms in total. The highest BCUT2D eigenvalue weighted by molar-refractivity contribution is 8.00. The van der Waals surface area contributed by atoms with E-state index in [-0.39, 0.29) is 28.0 Å². The topological polar surface area (TPSA) is 83.6 Å². The minimum Gasteiger partial charge on any atom is -0.321 e. The number of benzene rings is 2. The van der Waals surface area contributed by atoms with Crippen molar-refractivity contribution in [2.24, 2.45) is 0 Å². The van der Waals surface area contributed by atoms with Gasteiger partial charge in [-0.15, -0.1) is 11.8 Å². The normalized spacial score (nSPS) is 20.4. The summed E-state index contributed by atoms with van der Waals surface area (Å²) in [5.74, 6) is -0.873. The number of carbonyl (C=O) groups excluding carboxylic acids is 2. The van der Waals surface area contributed by atoms with Gasteiger partial charge in [0, 0.05) is 21.8 Å². The van der Waals surface area contributed by atoms with Crippen molar-refractivity contribution in [2.45, 2.75) is 59.6 Å². The average molecular weight is 443 g/mol. The van der Waals surface area contributed by atoms with Crippen LogP contribution in [0.5, 0.6) is 0 Å². The van der Waals surface area contributed by atoms with Crippen molar-refractivity contribution in [3.8, 4) is 0 Å². The molecule has 2 aliphatic carbocycles. The number of sulfonamides is 1. The number of anilines is 1. The van der Waals surface area contributed by atoms with E-state index in [1.807, 2.05) is 24.3 Å². The van der Waals surface area contributed by atoms with Crippen LogP contribution in [0.15, 0.2) is 52.3 Å². The van der Waals surface area contributed by atoms with Crippen LogP contribution in [-0.2, 0) is 10.0 Å². The summed E-state index contributed by atoms with van der Waals surface area (Å²) >= 11 is 1.78. The smallest absolute Gasteiger partial charge is 0.269 e. The Morgan fingerprint density at radius 1 is 1.03 bits per heavy atom. The fraction of sp³-hybridized carbons (Fsp3) is 0.364. The standard InChI is InChI=1S/C22H22N2O4S2/c25-21(23-18-7-3-4-8-19(18)29-16-5-1-2-6-16)14-9-12-17-20(13-14)30(27,28)24(22(17)26)15-10-11-15/h3-4,7-9,12-13,15-16H,1-2,5-6,10-11H2,(H,23,25). The Kier molecular flexibility index (Phi) is 4.86. The molecule has 0 aromatic heterocycles. The molecule has 0 unspecified atom stereocenters. The molecule has 5 rings (SSSR count). The van der Waals surface area contributed by atoms with Crippen molar-refractivity contribution < 1.29 is 18.0 Å². The van der Waals surface area contributed by atoms with E-state index >= 15 is 0 Å². The lowest BCUT2D eigenvalue weighted by Gasteiger charge is -2.14. The van der Waals surface area contributed by atoms with E-state index < -0.39 is 15.9 Å². The maximum Gasteiger partial charge on any atom is 0.269 e. The molecule has 1 heterocycles. The number of fused-ring (bicyclic) bond motifs is 1. The number of rotatable bonds is 5. The summed E-state index contributed by atoms with van der Waals surface area (Å²) in [6.07, 6.45) is 6.24. The third-order valence-electron chi connectivity index (χ3n) is 5.82. The third-order valence-corrected chi connectivity index (χ3v) is 9.11. The molecule has 0 atom stereocenters. The fourth-order valence-corrected chi connectivity index (χ4v) is 7.28. The predicted octanol–water partition coefficient (Wildman–Crippen LogP) is 4.28. The van der Waals surface area contributed by atoms with Gasteiger partial charge in [-0.2, -0.15) is 0 Å². The van der Waals surface area contributed by atoms with Crippen molar-refractivity contribution in [3.63, 3.8) is 0 Å². The van der Waals surface area contributed by atoms with Crippen LogP contribution < -0.4 is 5.32 Å². The van der Waals surface area contributed by atoms with E-state index in [1.165, 1.54) is 43.9 Å². The Morgan fingerprint density at radius 2 is 1.77 bits per heavy atom. The van der Waals surface area contributed by atoms with E-state index in [0.717, 1.165) is 14.9 Å². The molecule has 2 aromatic rings. The molecule has 156 valence electrons. The first kappa shape index (κ1) is 19.6. The highest BCUT2D eigenvalue weighted by Gasteiger charge is 2.48. The van der Waals surface area contributed by atoms with Gasteiger partial charge >= 0.3 is 0 Å². The third kappa shape index (κ3) is 3.41. The Morgan fingerprint density at radius 3 is 2.50 bits per heavy atom. The van der Waals surface area contributed by atoms with Gasteiger partial charge in [0.25, 0.3) is 21.8 Å². The summed E-state index contributed by atoms with van der Waals surface area (Å²) in [6.45, 7) is 0. The number of hydrogen-bond donors (Lipinski definition) is 1. The predicted molar refractivity (Wildman–Crippen MR) is 115 cm³/mol. The summed E-state index contributed by atoms with van der Waals surface area (Å²) in [5, 5.41) is 3.49. The highest BCUT2D eigenvalue weighted by atomic mass is 32.2. The zero-order valence-electron chi connectivity index (χ0n) is 16.3. The van der Waals surface area contributed by atoms with Crippen LogP contribution in [-0.4, -0.2) is 35.8 Å². The van der Waals surface area contributed by atoms with Crippen molar-refractivity contribution in [1.82, 2.24) is 4.31 Å². The minimum atomic E-state index is -3.89. The Hall–Kier alpha value is -2.32. The maximum atomic E-state index is 12.9. The van der Waals surface area contributed by atoms with Gasteiger partial charge in [-0.05, 0) is 56.0 Å². The van der Waals surface area contributed by atoms with E-state index in [0.29, 0.717) is 18.1 Å². The number of nitrogens with zero attached hydrogens (tertiary/aromatic N) is 1. The summed E-state index contributed by atoms with van der Waals surface area (Å²) in [5.41, 5.74) is 1.09. The second kappa shape index (κ2) is 7.42. The number of thioether (sulfide) groups is 1. The van der Waals surface area contributed by atoms with Crippen LogP contribution in [0.4, 0.5) is 5.69 Å². The summed E-state index contributed by atoms with van der Waals surface area (Å²) < 4.78 is 26.6. The van der Waals surface area contributed by atoms with Crippen molar-refractivity contribution in [2.75, 3.05) is 5.32 Å². The molecule has 1 aliphatic heterocycles. The Bertz CT molecular complexity index is 1140. The van der Waals surface area contributed by atoms with Gasteiger partial charge < -0.3 is 5.32 Å². The molecule has 2 aromatic carbocycles. The van der Waals surface area contributed by atoms with Crippen molar-refractivity contribution >= 4 is 39.3 Å². The second-order valence-corrected chi connectivity index (χ2v) is 11.1. The summed E-state index contributed by atoms with van der Waals surface area (Å²) in [4.78, 5) is 26.4. The molecule has 0 saturated heterocycles. The molecule has 8 heteroatoms. The lowest BCUT2D eigenvalue weighted by molar-refractivity contribution is 0.0864. The monoisotopic (exact) mass is 442 g/mol. The molecule has 2 amide bonds. The van der Waals surface area contributed by atoms with E-state index in [1.54, 1.807) is 11.8 Å². The van der Waals surface area contributed by atoms with Gasteiger partial charge in [0.1, 0.15) is 4.90 Å². The Balaban J connectivity index is 1.40. The number of nitrogens with one attached hydrogen (secondary N) is 1. The lowest BCUT2D eigenvalue weighted by atomic mass is 10.1. The molecule has 2 fully saturated rings. The lowest BCUT2D eigenvalue weighted by Crippen LogP contribution is -2.31. The number of amides is 2. The van der Waals surface area contributed by atoms with E-state index in [2.05, 4.69) is 5.32 Å². The van der Waals surface area contributed by atoms with Crippen LogP contribution in [0.3, 0.4) is 0 Å². The zero-order chi connectivity index (χ0) is 20.9. The first-order chi connectivity index (χ1) is 14.4. The molecule has 30 heavy (non-hydrogen) atoms. The summed E-state index contributed by atoms with van der Waals surface area (Å²) in [7, 11) is -3.89. The largest absolute Gasteiger partial charge is 0.321 e. The van der Waals surface area contributed by atoms with Crippen LogP contribution in [0.1, 0.15) is 59.2 Å². The number of hydrogen-bond acceptors (Lipinski definition) is 5. The van der Waals surface area contributed by atoms with E-state index in [9.17, 15) is 18.0 Å². The molecular weight excluding hydrogens is 420 g/mol. The Labute approximate surface area is 180 Å². The van der Waals surface area contributed by atoms with Crippen LogP contribution >= 0.6 is 11.8 Å². The molecule has 1 N–H and O–H groups in total. The number of para-hydroxylation sites is 1. The van der Waals surface area contributed by atoms with Gasteiger partial charge in [-0.3, -0.25) is 9.59 Å². The quantitative estimate of drug-likeness (QED) is 0.747. The highest BCUT2D eigenvalue weighted by Crippen LogP contribution is 2.40. The first-order valence-electron chi connectivity index (χ1n) is 10.2. The molecule has 0 radical (unpaired) electrons. The van der Waals surface area contributed by atoms with Crippen LogP contribution in [0.2, 0.25) is 0 Å². The average Bonchev–Trinajstić information content (AvgIpc) is 3.37. The molecule has 2 saturated carbocycles. The van der Waals surface area contributed by atoms with Crippen molar-refractivity contribution in [3.05, 3.63) is 53.6 Å². The van der Waals surface area contributed by atoms with Gasteiger partial charge in [0.15, 0.2) is 0 Å². The zero-order valence-corrected chi connectivity index (χ0v) is 18.0. The van der Waals surface area contributed by atoms with E-state index in [4.69, 9.17) is 0 Å². The second-order valence-electron chi connectivity index (χ2n) is 8.02.